The molecule has 0 atom stereocenters. The molecule has 0 N–H and O–H groups in total. The van der Waals surface area contributed by atoms with Crippen molar-refractivity contribution in [3.05, 3.63) is 0 Å². The van der Waals surface area contributed by atoms with Gasteiger partial charge < -0.3 is 0 Å². The van der Waals surface area contributed by atoms with E-state index in [1.54, 1.807) is 0 Å². The molecule has 0 bridgehead atoms. The summed E-state index contributed by atoms with van der Waals surface area (Å²) in [6, 6.07) is 0. The highest BCUT2D eigenvalue weighted by molar-refractivity contribution is 7.56. The third kappa shape index (κ3) is 4.42. The van der Waals surface area contributed by atoms with Gasteiger partial charge in [-0.1, -0.05) is 0 Å². The number of hydrogen-bond donors (Lipinski definition) is 0. The summed E-state index contributed by atoms with van der Waals surface area (Å²) >= 11 is 33.7. The van der Waals surface area contributed by atoms with E-state index < -0.39 is 22.2 Å². The SMILES string of the molecule is Cl[Si](Cl)C([Si](Cl)Cl)[Si](Cl)Cl. The molecule has 0 amide bonds. The summed E-state index contributed by atoms with van der Waals surface area (Å²) in [5.74, 6) is 0. The second kappa shape index (κ2) is 5.94. The van der Waals surface area contributed by atoms with Crippen molar-refractivity contribution in [3.8, 4) is 0 Å². The van der Waals surface area contributed by atoms with Crippen molar-refractivity contribution in [3.63, 3.8) is 0 Å². The molecule has 0 fully saturated rings. The zero-order chi connectivity index (χ0) is 8.31. The fourth-order valence-electron chi connectivity index (χ4n) is 0.247. The van der Waals surface area contributed by atoms with E-state index in [4.69, 9.17) is 66.5 Å². The number of rotatable bonds is 3. The third-order valence-electron chi connectivity index (χ3n) is 0.655. The van der Waals surface area contributed by atoms with E-state index in [0.29, 0.717) is 0 Å². The Bertz CT molecular complexity index is 74.0. The van der Waals surface area contributed by atoms with E-state index in [-0.39, 0.29) is 4.79 Å². The molecule has 0 aromatic rings. The second-order valence-electron chi connectivity index (χ2n) is 1.30. The fourth-order valence-corrected chi connectivity index (χ4v) is 20.0. The van der Waals surface area contributed by atoms with Crippen molar-refractivity contribution < 1.29 is 0 Å². The molecule has 0 aliphatic rings. The third-order valence-corrected chi connectivity index (χ3v) is 17.7. The van der Waals surface area contributed by atoms with E-state index in [1.165, 1.54) is 0 Å². The van der Waals surface area contributed by atoms with Crippen molar-refractivity contribution in [2.75, 3.05) is 0 Å². The Hall–Kier alpha value is 2.39. The molecule has 0 aliphatic carbocycles. The van der Waals surface area contributed by atoms with Crippen LogP contribution in [-0.4, -0.2) is 22.2 Å². The lowest BCUT2D eigenvalue weighted by Gasteiger charge is -2.13. The van der Waals surface area contributed by atoms with Crippen LogP contribution < -0.4 is 0 Å². The van der Waals surface area contributed by atoms with Crippen molar-refractivity contribution in [1.82, 2.24) is 0 Å². The Morgan fingerprint density at radius 2 is 0.800 bits per heavy atom. The smallest absolute Gasteiger partial charge is 0.147 e. The monoisotopic (exact) mass is 307 g/mol. The van der Waals surface area contributed by atoms with Crippen LogP contribution in [0.5, 0.6) is 0 Å². The maximum atomic E-state index is 5.61. The van der Waals surface area contributed by atoms with Gasteiger partial charge in [0.2, 0.25) is 0 Å². The van der Waals surface area contributed by atoms with Crippen molar-refractivity contribution in [2.45, 2.75) is 4.79 Å². The van der Waals surface area contributed by atoms with Gasteiger partial charge in [0, 0.05) is 4.79 Å². The van der Waals surface area contributed by atoms with Crippen molar-refractivity contribution >= 4 is 88.7 Å². The first kappa shape index (κ1) is 12.4. The van der Waals surface area contributed by atoms with Crippen molar-refractivity contribution in [2.24, 2.45) is 0 Å². The largest absolute Gasteiger partial charge is 0.276 e. The maximum absolute atomic E-state index is 5.61. The summed E-state index contributed by atoms with van der Waals surface area (Å²) in [7, 11) is -4.69. The van der Waals surface area contributed by atoms with Gasteiger partial charge in [0.1, 0.15) is 0 Å². The van der Waals surface area contributed by atoms with E-state index in [0.717, 1.165) is 0 Å². The predicted octanol–water partition coefficient (Wildman–Crippen LogP) is 3.33. The Labute approximate surface area is 92.7 Å². The van der Waals surface area contributed by atoms with Crippen molar-refractivity contribution in [1.29, 1.82) is 0 Å². The van der Waals surface area contributed by atoms with Crippen LogP contribution >= 0.6 is 66.5 Å². The van der Waals surface area contributed by atoms with E-state index in [2.05, 4.69) is 0 Å². The zero-order valence-corrected chi connectivity index (χ0v) is 11.9. The van der Waals surface area contributed by atoms with Crippen LogP contribution in [0, 0.1) is 0 Å². The zero-order valence-electron chi connectivity index (χ0n) is 4.35. The minimum Gasteiger partial charge on any atom is -0.147 e. The molecule has 0 aliphatic heterocycles. The van der Waals surface area contributed by atoms with Gasteiger partial charge in [-0.05, 0) is 0 Å². The first-order valence-corrected chi connectivity index (χ1v) is 12.8. The summed E-state index contributed by atoms with van der Waals surface area (Å²) < 4.78 is 0. The fraction of sp³-hybridized carbons (Fsp3) is 1.00. The van der Waals surface area contributed by atoms with Gasteiger partial charge in [-0.25, -0.2) is 0 Å². The standard InChI is InChI=1S/CHCl6Si3/c2-8(3)1(9(4)5)10(6)7/h1H. The highest BCUT2D eigenvalue weighted by Gasteiger charge is 2.36. The van der Waals surface area contributed by atoms with Crippen LogP contribution in [0.2, 0.25) is 4.79 Å². The van der Waals surface area contributed by atoms with E-state index in [9.17, 15) is 0 Å². The molecule has 0 unspecified atom stereocenters. The highest BCUT2D eigenvalue weighted by Crippen LogP contribution is 2.31. The average molecular weight is 310 g/mol. The molecule has 0 rings (SSSR count). The molecule has 59 valence electrons. The van der Waals surface area contributed by atoms with Crippen LogP contribution in [0.4, 0.5) is 0 Å². The van der Waals surface area contributed by atoms with Gasteiger partial charge >= 0.3 is 0 Å². The molecule has 0 saturated carbocycles. The highest BCUT2D eigenvalue weighted by atomic mass is 35.7. The summed E-state index contributed by atoms with van der Waals surface area (Å²) in [6.45, 7) is 0. The summed E-state index contributed by atoms with van der Waals surface area (Å²) in [6.07, 6.45) is 0. The summed E-state index contributed by atoms with van der Waals surface area (Å²) in [5.41, 5.74) is 0. The molecule has 0 aromatic heterocycles. The van der Waals surface area contributed by atoms with Gasteiger partial charge in [0.05, 0.1) is 0 Å². The Morgan fingerprint density at radius 1 is 0.600 bits per heavy atom. The minimum atomic E-state index is -1.56. The summed E-state index contributed by atoms with van der Waals surface area (Å²) in [4.78, 5) is -0.213. The summed E-state index contributed by atoms with van der Waals surface area (Å²) in [5, 5.41) is 0. The first-order valence-electron chi connectivity index (χ1n) is 2.00. The Balaban J connectivity index is 3.98. The number of halogens is 6. The normalized spacial score (nSPS) is 12.6. The predicted molar refractivity (Wildman–Crippen MR) is 56.1 cm³/mol. The van der Waals surface area contributed by atoms with Gasteiger partial charge in [-0.3, -0.25) is 0 Å². The molecule has 0 spiro atoms. The number of hydrogen-bond acceptors (Lipinski definition) is 0. The second-order valence-corrected chi connectivity index (χ2v) is 15.6. The van der Waals surface area contributed by atoms with E-state index >= 15 is 0 Å². The Kier molecular flexibility index (Phi) is 7.36. The average Bonchev–Trinajstić information content (AvgIpc) is 1.59. The lowest BCUT2D eigenvalue weighted by Crippen LogP contribution is -2.27. The molecule has 9 heteroatoms. The van der Waals surface area contributed by atoms with Crippen LogP contribution in [-0.2, 0) is 0 Å². The van der Waals surface area contributed by atoms with Crippen LogP contribution in [0.1, 0.15) is 0 Å². The lowest BCUT2D eigenvalue weighted by molar-refractivity contribution is 1.82. The van der Waals surface area contributed by atoms with Crippen LogP contribution in [0.25, 0.3) is 0 Å². The Morgan fingerprint density at radius 3 is 0.800 bits per heavy atom. The molecular weight excluding hydrogens is 309 g/mol. The molecule has 10 heavy (non-hydrogen) atoms. The molecule has 0 heterocycles. The van der Waals surface area contributed by atoms with Gasteiger partial charge in [-0.2, -0.15) is 0 Å². The molecular formula is CHCl6Si3. The molecule has 0 nitrogen and oxygen atoms in total. The van der Waals surface area contributed by atoms with Crippen LogP contribution in [0.3, 0.4) is 0 Å². The van der Waals surface area contributed by atoms with Gasteiger partial charge in [0.25, 0.3) is 22.2 Å². The molecule has 3 radical (unpaired) electrons. The van der Waals surface area contributed by atoms with Gasteiger partial charge in [0.15, 0.2) is 0 Å². The maximum Gasteiger partial charge on any atom is 0.276 e. The molecule has 0 aromatic carbocycles. The van der Waals surface area contributed by atoms with Crippen LogP contribution in [0.15, 0.2) is 0 Å². The quantitative estimate of drug-likeness (QED) is 0.554. The van der Waals surface area contributed by atoms with Gasteiger partial charge in [-0.15, -0.1) is 66.5 Å². The lowest BCUT2D eigenvalue weighted by atomic mass is 11.8. The topological polar surface area (TPSA) is 0 Å². The molecule has 0 saturated heterocycles. The first-order chi connectivity index (χ1) is 4.46. The van der Waals surface area contributed by atoms with E-state index in [1.807, 2.05) is 0 Å². The minimum absolute atomic E-state index is 0.213.